The fourth-order valence-corrected chi connectivity index (χ4v) is 2.64. The highest BCUT2D eigenvalue weighted by Crippen LogP contribution is 2.22. The summed E-state index contributed by atoms with van der Waals surface area (Å²) in [4.78, 5) is 22.8. The monoisotopic (exact) mass is 296 g/mol. The lowest BCUT2D eigenvalue weighted by Crippen LogP contribution is -2.45. The molecule has 3 N–H and O–H groups in total. The van der Waals surface area contributed by atoms with Crippen molar-refractivity contribution in [1.29, 1.82) is 0 Å². The Bertz CT molecular complexity index is 385. The molecule has 0 aromatic carbocycles. The van der Waals surface area contributed by atoms with Crippen molar-refractivity contribution in [1.82, 2.24) is 10.6 Å². The van der Waals surface area contributed by atoms with E-state index in [0.29, 0.717) is 18.9 Å². The molecule has 0 fully saturated rings. The van der Waals surface area contributed by atoms with E-state index in [1.54, 1.807) is 0 Å². The minimum absolute atomic E-state index is 0.0262. The number of carbonyl (C=O) groups excluding carboxylic acids is 1. The van der Waals surface area contributed by atoms with Gasteiger partial charge in [0.25, 0.3) is 0 Å². The maximum absolute atomic E-state index is 11.9. The molecule has 0 saturated heterocycles. The van der Waals surface area contributed by atoms with Crippen LogP contribution in [0.2, 0.25) is 0 Å². The predicted molar refractivity (Wildman–Crippen MR) is 83.1 cm³/mol. The molecule has 0 aromatic rings. The van der Waals surface area contributed by atoms with E-state index >= 15 is 0 Å². The van der Waals surface area contributed by atoms with Crippen molar-refractivity contribution in [2.24, 2.45) is 11.3 Å². The Morgan fingerprint density at radius 1 is 1.33 bits per heavy atom. The van der Waals surface area contributed by atoms with Gasteiger partial charge in [-0.3, -0.25) is 4.79 Å². The second-order valence-corrected chi connectivity index (χ2v) is 7.06. The number of rotatable bonds is 6. The number of allylic oxidation sites excluding steroid dienone is 2. The second-order valence-electron chi connectivity index (χ2n) is 7.06. The summed E-state index contributed by atoms with van der Waals surface area (Å²) in [6, 6.07) is -0.603. The van der Waals surface area contributed by atoms with Gasteiger partial charge in [0.2, 0.25) is 0 Å². The Balaban J connectivity index is 2.39. The van der Waals surface area contributed by atoms with Crippen LogP contribution in [0.1, 0.15) is 52.9 Å². The van der Waals surface area contributed by atoms with Crippen LogP contribution in [0.25, 0.3) is 0 Å². The van der Waals surface area contributed by atoms with Crippen LogP contribution < -0.4 is 10.6 Å². The summed E-state index contributed by atoms with van der Waals surface area (Å²) < 4.78 is 0. The molecule has 0 radical (unpaired) electrons. The van der Waals surface area contributed by atoms with Gasteiger partial charge in [0, 0.05) is 12.6 Å². The highest BCUT2D eigenvalue weighted by molar-refractivity contribution is 5.75. The van der Waals surface area contributed by atoms with Crippen molar-refractivity contribution in [3.63, 3.8) is 0 Å². The van der Waals surface area contributed by atoms with Crippen LogP contribution in [0, 0.1) is 11.3 Å². The third-order valence-electron chi connectivity index (χ3n) is 3.54. The summed E-state index contributed by atoms with van der Waals surface area (Å²) in [5.41, 5.74) is -0.0262. The van der Waals surface area contributed by atoms with Gasteiger partial charge in [-0.05, 0) is 37.0 Å². The highest BCUT2D eigenvalue weighted by Gasteiger charge is 2.23. The summed E-state index contributed by atoms with van der Waals surface area (Å²) in [5, 5.41) is 14.6. The summed E-state index contributed by atoms with van der Waals surface area (Å²) >= 11 is 0. The lowest BCUT2D eigenvalue weighted by atomic mass is 9.87. The van der Waals surface area contributed by atoms with Gasteiger partial charge in [0.1, 0.15) is 0 Å². The van der Waals surface area contributed by atoms with Crippen LogP contribution >= 0.6 is 0 Å². The number of urea groups is 1. The Labute approximate surface area is 127 Å². The number of hydrogen-bond donors (Lipinski definition) is 3. The molecule has 1 aliphatic rings. The van der Waals surface area contributed by atoms with Crippen LogP contribution in [-0.2, 0) is 4.79 Å². The molecule has 2 unspecified atom stereocenters. The number of nitrogens with one attached hydrogen (secondary N) is 2. The molecule has 0 aromatic heterocycles. The predicted octanol–water partition coefficient (Wildman–Crippen LogP) is 2.92. The Morgan fingerprint density at radius 3 is 2.57 bits per heavy atom. The van der Waals surface area contributed by atoms with Crippen molar-refractivity contribution in [3.05, 3.63) is 12.2 Å². The van der Waals surface area contributed by atoms with E-state index in [-0.39, 0.29) is 23.9 Å². The Morgan fingerprint density at radius 2 is 2.05 bits per heavy atom. The normalized spacial score (nSPS) is 19.9. The lowest BCUT2D eigenvalue weighted by molar-refractivity contribution is -0.137. The van der Waals surface area contributed by atoms with Crippen molar-refractivity contribution in [2.75, 3.05) is 6.54 Å². The highest BCUT2D eigenvalue weighted by atomic mass is 16.4. The molecule has 0 heterocycles. The lowest BCUT2D eigenvalue weighted by Gasteiger charge is -2.26. The number of aliphatic carboxylic acids is 1. The van der Waals surface area contributed by atoms with Gasteiger partial charge < -0.3 is 15.7 Å². The molecule has 0 aliphatic heterocycles. The smallest absolute Gasteiger partial charge is 0.315 e. The van der Waals surface area contributed by atoms with E-state index in [1.165, 1.54) is 0 Å². The molecule has 2 atom stereocenters. The van der Waals surface area contributed by atoms with Gasteiger partial charge in [0.15, 0.2) is 0 Å². The largest absolute Gasteiger partial charge is 0.481 e. The first-order valence-electron chi connectivity index (χ1n) is 7.67. The van der Waals surface area contributed by atoms with Gasteiger partial charge in [-0.15, -0.1) is 0 Å². The van der Waals surface area contributed by atoms with E-state index in [0.717, 1.165) is 19.3 Å². The minimum atomic E-state index is -0.887. The molecule has 120 valence electrons. The van der Waals surface area contributed by atoms with Crippen molar-refractivity contribution in [2.45, 2.75) is 58.9 Å². The Hall–Kier alpha value is -1.52. The Kier molecular flexibility index (Phi) is 6.72. The van der Waals surface area contributed by atoms with E-state index in [4.69, 9.17) is 5.11 Å². The van der Waals surface area contributed by atoms with Crippen LogP contribution in [-0.4, -0.2) is 29.7 Å². The molecule has 5 nitrogen and oxygen atoms in total. The molecule has 1 rings (SSSR count). The number of hydrogen-bond acceptors (Lipinski definition) is 2. The minimum Gasteiger partial charge on any atom is -0.481 e. The van der Waals surface area contributed by atoms with Crippen LogP contribution in [0.5, 0.6) is 0 Å². The number of amides is 2. The van der Waals surface area contributed by atoms with Crippen LogP contribution in [0.15, 0.2) is 12.2 Å². The van der Waals surface area contributed by atoms with Gasteiger partial charge in [-0.25, -0.2) is 4.79 Å². The standard InChI is InChI=1S/C16H28N2O3/c1-16(2,3)10-13(9-14(19)20)18-15(21)17-11-12-7-5-4-6-8-12/h4-5,12-13H,6-11H2,1-3H3,(H,19,20)(H2,17,18,21). The summed E-state index contributed by atoms with van der Waals surface area (Å²) in [6.45, 7) is 6.76. The maximum atomic E-state index is 11.9. The number of carbonyl (C=O) groups is 2. The summed E-state index contributed by atoms with van der Waals surface area (Å²) in [5.74, 6) is -0.400. The van der Waals surface area contributed by atoms with Crippen molar-refractivity contribution in [3.8, 4) is 0 Å². The van der Waals surface area contributed by atoms with Gasteiger partial charge in [0.05, 0.1) is 6.42 Å². The quantitative estimate of drug-likeness (QED) is 0.659. The molecule has 0 spiro atoms. The van der Waals surface area contributed by atoms with E-state index < -0.39 is 5.97 Å². The first kappa shape index (κ1) is 17.5. The second kappa shape index (κ2) is 8.05. The van der Waals surface area contributed by atoms with Crippen molar-refractivity contribution >= 4 is 12.0 Å². The average molecular weight is 296 g/mol. The molecular weight excluding hydrogens is 268 g/mol. The summed E-state index contributed by atoms with van der Waals surface area (Å²) in [7, 11) is 0. The summed E-state index contributed by atoms with van der Waals surface area (Å²) in [6.07, 6.45) is 8.08. The first-order valence-corrected chi connectivity index (χ1v) is 7.67. The first-order chi connectivity index (χ1) is 9.76. The van der Waals surface area contributed by atoms with Crippen LogP contribution in [0.3, 0.4) is 0 Å². The van der Waals surface area contributed by atoms with Crippen molar-refractivity contribution < 1.29 is 14.7 Å². The molecule has 21 heavy (non-hydrogen) atoms. The van der Waals surface area contributed by atoms with Gasteiger partial charge in [-0.2, -0.15) is 0 Å². The maximum Gasteiger partial charge on any atom is 0.315 e. The fraction of sp³-hybridized carbons (Fsp3) is 0.750. The fourth-order valence-electron chi connectivity index (χ4n) is 2.64. The topological polar surface area (TPSA) is 78.4 Å². The van der Waals surface area contributed by atoms with E-state index in [1.807, 2.05) is 20.8 Å². The van der Waals surface area contributed by atoms with E-state index in [2.05, 4.69) is 22.8 Å². The SMILES string of the molecule is CC(C)(C)CC(CC(=O)O)NC(=O)NCC1CC=CCC1. The molecule has 0 saturated carbocycles. The zero-order valence-corrected chi connectivity index (χ0v) is 13.3. The molecular formula is C16H28N2O3. The van der Waals surface area contributed by atoms with Gasteiger partial charge >= 0.3 is 12.0 Å². The molecule has 0 bridgehead atoms. The average Bonchev–Trinajstić information content (AvgIpc) is 2.34. The number of carboxylic acid groups (broad SMARTS) is 1. The van der Waals surface area contributed by atoms with Crippen LogP contribution in [0.4, 0.5) is 4.79 Å². The third kappa shape index (κ3) is 8.38. The van der Waals surface area contributed by atoms with Gasteiger partial charge in [-0.1, -0.05) is 32.9 Å². The molecule has 5 heteroatoms. The molecule has 1 aliphatic carbocycles. The third-order valence-corrected chi connectivity index (χ3v) is 3.54. The van der Waals surface area contributed by atoms with E-state index in [9.17, 15) is 9.59 Å². The zero-order chi connectivity index (χ0) is 15.9. The molecule has 2 amide bonds. The number of carboxylic acids is 1. The zero-order valence-electron chi connectivity index (χ0n) is 13.3.